The topological polar surface area (TPSA) is 39.1 Å². The molecule has 0 amide bonds. The van der Waals surface area contributed by atoms with Crippen molar-refractivity contribution in [1.29, 1.82) is 5.26 Å². The molecule has 3 aliphatic rings. The first-order valence-electron chi connectivity index (χ1n) is 8.71. The van der Waals surface area contributed by atoms with Gasteiger partial charge in [-0.3, -0.25) is 10.2 Å². The van der Waals surface area contributed by atoms with Crippen LogP contribution in [0.2, 0.25) is 0 Å². The van der Waals surface area contributed by atoms with Crippen molar-refractivity contribution in [2.75, 3.05) is 6.54 Å². The zero-order valence-corrected chi connectivity index (χ0v) is 12.9. The van der Waals surface area contributed by atoms with Crippen LogP contribution < -0.4 is 5.32 Å². The van der Waals surface area contributed by atoms with Crippen LogP contribution in [0.4, 0.5) is 0 Å². The minimum atomic E-state index is -0.219. The lowest BCUT2D eigenvalue weighted by molar-refractivity contribution is 0.110. The van der Waals surface area contributed by atoms with Gasteiger partial charge in [-0.2, -0.15) is 5.26 Å². The van der Waals surface area contributed by atoms with Crippen molar-refractivity contribution in [1.82, 2.24) is 10.2 Å². The summed E-state index contributed by atoms with van der Waals surface area (Å²) in [7, 11) is 0. The molecule has 1 N–H and O–H groups in total. The van der Waals surface area contributed by atoms with E-state index in [1.165, 1.54) is 57.9 Å². The third kappa shape index (κ3) is 3.35. The highest BCUT2D eigenvalue weighted by atomic mass is 15.2. The van der Waals surface area contributed by atoms with Crippen LogP contribution in [0.15, 0.2) is 0 Å². The Morgan fingerprint density at radius 1 is 1.20 bits per heavy atom. The van der Waals surface area contributed by atoms with Gasteiger partial charge in [0, 0.05) is 18.1 Å². The molecule has 20 heavy (non-hydrogen) atoms. The number of nitrogens with zero attached hydrogens (tertiary/aromatic N) is 2. The van der Waals surface area contributed by atoms with E-state index < -0.39 is 0 Å². The van der Waals surface area contributed by atoms with Gasteiger partial charge in [0.05, 0.1) is 6.07 Å². The van der Waals surface area contributed by atoms with Crippen LogP contribution in [0.3, 0.4) is 0 Å². The molecule has 112 valence electrons. The Bertz CT molecular complexity index is 367. The Morgan fingerprint density at radius 2 is 2.00 bits per heavy atom. The predicted octanol–water partition coefficient (Wildman–Crippen LogP) is 3.21. The Kier molecular flexibility index (Phi) is 4.33. The molecule has 3 nitrogen and oxygen atoms in total. The molecule has 0 aromatic heterocycles. The van der Waals surface area contributed by atoms with Crippen molar-refractivity contribution in [3.8, 4) is 6.07 Å². The molecule has 0 heterocycles. The molecule has 0 saturated heterocycles. The van der Waals surface area contributed by atoms with E-state index in [9.17, 15) is 5.26 Å². The Hall–Kier alpha value is -0.590. The zero-order valence-electron chi connectivity index (χ0n) is 12.9. The molecular weight excluding hydrogens is 246 g/mol. The van der Waals surface area contributed by atoms with Crippen molar-refractivity contribution >= 4 is 0 Å². The molecule has 2 unspecified atom stereocenters. The normalized spacial score (nSPS) is 34.1. The zero-order chi connectivity index (χ0) is 14.0. The molecule has 3 heteroatoms. The van der Waals surface area contributed by atoms with E-state index >= 15 is 0 Å². The molecule has 0 bridgehead atoms. The van der Waals surface area contributed by atoms with Crippen LogP contribution in [0, 0.1) is 11.3 Å². The van der Waals surface area contributed by atoms with Gasteiger partial charge in [-0.1, -0.05) is 13.3 Å². The standard InChI is InChI=1S/C17H29N3/c1-2-3-11-20(15-8-9-15)16-5-4-10-17(12-16,13-18)19-14-6-7-14/h14-16,19H,2-12H2,1H3. The average Bonchev–Trinajstić information content (AvgIpc) is 3.34. The maximum absolute atomic E-state index is 9.72. The highest BCUT2D eigenvalue weighted by molar-refractivity contribution is 5.14. The van der Waals surface area contributed by atoms with Crippen molar-refractivity contribution < 1.29 is 0 Å². The molecule has 0 aromatic rings. The van der Waals surface area contributed by atoms with Crippen LogP contribution in [0.1, 0.15) is 71.1 Å². The van der Waals surface area contributed by atoms with Crippen molar-refractivity contribution in [2.45, 2.75) is 94.8 Å². The van der Waals surface area contributed by atoms with Gasteiger partial charge in [-0.25, -0.2) is 0 Å². The Morgan fingerprint density at radius 3 is 2.60 bits per heavy atom. The second-order valence-electron chi connectivity index (χ2n) is 7.19. The minimum Gasteiger partial charge on any atom is -0.297 e. The molecule has 0 aliphatic heterocycles. The second kappa shape index (κ2) is 6.03. The average molecular weight is 275 g/mol. The summed E-state index contributed by atoms with van der Waals surface area (Å²) in [5.41, 5.74) is -0.219. The fourth-order valence-electron chi connectivity index (χ4n) is 3.82. The van der Waals surface area contributed by atoms with Crippen LogP contribution in [0.25, 0.3) is 0 Å². The van der Waals surface area contributed by atoms with Crippen LogP contribution in [0.5, 0.6) is 0 Å². The summed E-state index contributed by atoms with van der Waals surface area (Å²) < 4.78 is 0. The molecule has 0 spiro atoms. The van der Waals surface area contributed by atoms with Gasteiger partial charge in [0.15, 0.2) is 0 Å². The maximum Gasteiger partial charge on any atom is 0.108 e. The predicted molar refractivity (Wildman–Crippen MR) is 81.4 cm³/mol. The number of unbranched alkanes of at least 4 members (excludes halogenated alkanes) is 1. The number of hydrogen-bond donors (Lipinski definition) is 1. The molecule has 3 fully saturated rings. The van der Waals surface area contributed by atoms with E-state index in [1.54, 1.807) is 0 Å². The largest absolute Gasteiger partial charge is 0.297 e. The SMILES string of the molecule is CCCCN(C1CC1)C1CCCC(C#N)(NC2CC2)C1. The van der Waals surface area contributed by atoms with E-state index in [0.29, 0.717) is 12.1 Å². The second-order valence-corrected chi connectivity index (χ2v) is 7.19. The fraction of sp³-hybridized carbons (Fsp3) is 0.941. The summed E-state index contributed by atoms with van der Waals surface area (Å²) in [4.78, 5) is 2.75. The quantitative estimate of drug-likeness (QED) is 0.775. The molecule has 3 aliphatic carbocycles. The van der Waals surface area contributed by atoms with Crippen molar-refractivity contribution in [3.63, 3.8) is 0 Å². The third-order valence-electron chi connectivity index (χ3n) is 5.25. The number of hydrogen-bond acceptors (Lipinski definition) is 3. The number of nitrogens with one attached hydrogen (secondary N) is 1. The van der Waals surface area contributed by atoms with E-state index in [4.69, 9.17) is 0 Å². The van der Waals surface area contributed by atoms with E-state index in [-0.39, 0.29) is 5.54 Å². The lowest BCUT2D eigenvalue weighted by atomic mass is 9.79. The molecule has 0 aromatic carbocycles. The number of rotatable bonds is 7. The van der Waals surface area contributed by atoms with Gasteiger partial charge in [-0.05, 0) is 64.3 Å². The maximum atomic E-state index is 9.72. The number of nitriles is 1. The van der Waals surface area contributed by atoms with E-state index in [0.717, 1.165) is 18.9 Å². The highest BCUT2D eigenvalue weighted by Gasteiger charge is 2.44. The Balaban J connectivity index is 1.64. The van der Waals surface area contributed by atoms with Crippen molar-refractivity contribution in [2.24, 2.45) is 0 Å². The van der Waals surface area contributed by atoms with Gasteiger partial charge in [0.2, 0.25) is 0 Å². The first-order chi connectivity index (χ1) is 9.76. The highest BCUT2D eigenvalue weighted by Crippen LogP contribution is 2.38. The van der Waals surface area contributed by atoms with Crippen molar-refractivity contribution in [3.05, 3.63) is 0 Å². The summed E-state index contributed by atoms with van der Waals surface area (Å²) in [5.74, 6) is 0. The van der Waals surface area contributed by atoms with E-state index in [1.807, 2.05) is 0 Å². The first kappa shape index (κ1) is 14.4. The minimum absolute atomic E-state index is 0.219. The summed E-state index contributed by atoms with van der Waals surface area (Å²) in [6.07, 6.45) is 12.5. The Labute approximate surface area is 123 Å². The summed E-state index contributed by atoms with van der Waals surface area (Å²) >= 11 is 0. The smallest absolute Gasteiger partial charge is 0.108 e. The summed E-state index contributed by atoms with van der Waals surface area (Å²) in [5, 5.41) is 13.4. The van der Waals surface area contributed by atoms with Gasteiger partial charge < -0.3 is 0 Å². The fourth-order valence-corrected chi connectivity index (χ4v) is 3.82. The monoisotopic (exact) mass is 275 g/mol. The molecule has 0 radical (unpaired) electrons. The van der Waals surface area contributed by atoms with Gasteiger partial charge >= 0.3 is 0 Å². The summed E-state index contributed by atoms with van der Waals surface area (Å²) in [6, 6.07) is 4.77. The molecule has 3 rings (SSSR count). The third-order valence-corrected chi connectivity index (χ3v) is 5.25. The lowest BCUT2D eigenvalue weighted by Gasteiger charge is -2.42. The van der Waals surface area contributed by atoms with Crippen LogP contribution in [-0.2, 0) is 0 Å². The van der Waals surface area contributed by atoms with Gasteiger partial charge in [-0.15, -0.1) is 0 Å². The molecular formula is C17H29N3. The lowest BCUT2D eigenvalue weighted by Crippen LogP contribution is -2.54. The van der Waals surface area contributed by atoms with Gasteiger partial charge in [0.25, 0.3) is 0 Å². The molecule has 2 atom stereocenters. The summed E-state index contributed by atoms with van der Waals surface area (Å²) in [6.45, 7) is 3.52. The molecule has 3 saturated carbocycles. The van der Waals surface area contributed by atoms with Crippen LogP contribution in [-0.4, -0.2) is 35.1 Å². The van der Waals surface area contributed by atoms with Crippen LogP contribution >= 0.6 is 0 Å². The first-order valence-corrected chi connectivity index (χ1v) is 8.71. The van der Waals surface area contributed by atoms with Gasteiger partial charge in [0.1, 0.15) is 5.54 Å². The van der Waals surface area contributed by atoms with E-state index in [2.05, 4.69) is 23.2 Å².